The number of alkyl halides is 3. The molecular formula is C11H11F3N2O3. The van der Waals surface area contributed by atoms with Crippen molar-refractivity contribution in [3.05, 3.63) is 17.7 Å². The molecule has 5 nitrogen and oxygen atoms in total. The first-order valence-corrected chi connectivity index (χ1v) is 5.27. The predicted molar refractivity (Wildman–Crippen MR) is 60.7 cm³/mol. The molecule has 8 heteroatoms. The quantitative estimate of drug-likeness (QED) is 0.929. The molecular weight excluding hydrogens is 265 g/mol. The Morgan fingerprint density at radius 2 is 2.11 bits per heavy atom. The molecule has 1 heterocycles. The number of benzene rings is 1. The van der Waals surface area contributed by atoms with Crippen LogP contribution in [-0.2, 0) is 11.3 Å². The zero-order valence-corrected chi connectivity index (χ0v) is 9.95. The number of nitrogen functional groups attached to an aromatic ring is 1. The van der Waals surface area contributed by atoms with E-state index < -0.39 is 12.8 Å². The molecule has 1 aromatic heterocycles. The number of nitrogens with two attached hydrogens (primary N) is 1. The lowest BCUT2D eigenvalue weighted by molar-refractivity contribution is -0.176. The standard InChI is InChI=1S/C11H11F3N2O3/c1-17-7-2-6(4-18-5-11(12,13)14)3-8-9(7)10(15)16-19-8/h2-3H,4-5H2,1H3,(H2,15,16). The van der Waals surface area contributed by atoms with Crippen LogP contribution in [-0.4, -0.2) is 25.0 Å². The van der Waals surface area contributed by atoms with Gasteiger partial charge in [-0.2, -0.15) is 13.2 Å². The van der Waals surface area contributed by atoms with E-state index in [9.17, 15) is 13.2 Å². The van der Waals surface area contributed by atoms with Crippen LogP contribution < -0.4 is 10.5 Å². The number of aromatic nitrogens is 1. The molecule has 104 valence electrons. The van der Waals surface area contributed by atoms with Crippen LogP contribution in [0.4, 0.5) is 19.0 Å². The Kier molecular flexibility index (Phi) is 3.52. The minimum Gasteiger partial charge on any atom is -0.496 e. The van der Waals surface area contributed by atoms with Gasteiger partial charge < -0.3 is 19.7 Å². The number of nitrogens with zero attached hydrogens (tertiary/aromatic N) is 1. The Labute approximate surface area is 106 Å². The van der Waals surface area contributed by atoms with E-state index in [2.05, 4.69) is 9.89 Å². The molecule has 0 aliphatic rings. The highest BCUT2D eigenvalue weighted by Crippen LogP contribution is 2.32. The van der Waals surface area contributed by atoms with Crippen LogP contribution in [0.15, 0.2) is 16.7 Å². The molecule has 0 aliphatic heterocycles. The highest BCUT2D eigenvalue weighted by molar-refractivity contribution is 5.93. The Hall–Kier alpha value is -1.96. The van der Waals surface area contributed by atoms with Crippen molar-refractivity contribution in [1.29, 1.82) is 0 Å². The van der Waals surface area contributed by atoms with Gasteiger partial charge in [-0.05, 0) is 17.7 Å². The largest absolute Gasteiger partial charge is 0.496 e. The van der Waals surface area contributed by atoms with Crippen molar-refractivity contribution in [2.75, 3.05) is 19.5 Å². The summed E-state index contributed by atoms with van der Waals surface area (Å²) in [4.78, 5) is 0. The van der Waals surface area contributed by atoms with Crippen molar-refractivity contribution in [1.82, 2.24) is 5.16 Å². The fourth-order valence-electron chi connectivity index (χ4n) is 1.64. The molecule has 0 bridgehead atoms. The van der Waals surface area contributed by atoms with E-state index in [0.29, 0.717) is 22.3 Å². The zero-order valence-electron chi connectivity index (χ0n) is 9.95. The third-order valence-corrected chi connectivity index (χ3v) is 2.38. The fraction of sp³-hybridized carbons (Fsp3) is 0.364. The van der Waals surface area contributed by atoms with Crippen LogP contribution in [0.5, 0.6) is 5.75 Å². The second kappa shape index (κ2) is 4.96. The number of rotatable bonds is 4. The van der Waals surface area contributed by atoms with Crippen LogP contribution in [0.3, 0.4) is 0 Å². The summed E-state index contributed by atoms with van der Waals surface area (Å²) in [5.41, 5.74) is 6.41. The molecule has 0 amide bonds. The predicted octanol–water partition coefficient (Wildman–Crippen LogP) is 2.50. The van der Waals surface area contributed by atoms with Gasteiger partial charge in [0.05, 0.1) is 13.7 Å². The maximum atomic E-state index is 12.0. The molecule has 0 saturated heterocycles. The molecule has 0 aliphatic carbocycles. The van der Waals surface area contributed by atoms with Gasteiger partial charge in [0.1, 0.15) is 17.7 Å². The first kappa shape index (κ1) is 13.5. The SMILES string of the molecule is COc1cc(COCC(F)(F)F)cc2onc(N)c12. The third kappa shape index (κ3) is 3.08. The average Bonchev–Trinajstić information content (AvgIpc) is 2.69. The highest BCUT2D eigenvalue weighted by atomic mass is 19.4. The second-order valence-electron chi connectivity index (χ2n) is 3.85. The van der Waals surface area contributed by atoms with Gasteiger partial charge in [-0.1, -0.05) is 5.16 Å². The minimum atomic E-state index is -4.36. The lowest BCUT2D eigenvalue weighted by atomic mass is 10.1. The maximum absolute atomic E-state index is 12.0. The van der Waals surface area contributed by atoms with E-state index in [1.807, 2.05) is 0 Å². The topological polar surface area (TPSA) is 70.5 Å². The molecule has 0 atom stereocenters. The number of anilines is 1. The van der Waals surface area contributed by atoms with E-state index in [4.69, 9.17) is 15.0 Å². The van der Waals surface area contributed by atoms with Crippen LogP contribution >= 0.6 is 0 Å². The van der Waals surface area contributed by atoms with Crippen molar-refractivity contribution < 1.29 is 27.2 Å². The minimum absolute atomic E-state index is 0.162. The molecule has 2 N–H and O–H groups in total. The van der Waals surface area contributed by atoms with Gasteiger partial charge in [-0.15, -0.1) is 0 Å². The molecule has 0 spiro atoms. The van der Waals surface area contributed by atoms with Crippen molar-refractivity contribution in [3.8, 4) is 5.75 Å². The van der Waals surface area contributed by atoms with E-state index in [-0.39, 0.29) is 12.4 Å². The highest BCUT2D eigenvalue weighted by Gasteiger charge is 2.27. The third-order valence-electron chi connectivity index (χ3n) is 2.38. The molecule has 19 heavy (non-hydrogen) atoms. The van der Waals surface area contributed by atoms with Gasteiger partial charge in [-0.25, -0.2) is 0 Å². The second-order valence-corrected chi connectivity index (χ2v) is 3.85. The van der Waals surface area contributed by atoms with Gasteiger partial charge in [0.25, 0.3) is 0 Å². The smallest absolute Gasteiger partial charge is 0.411 e. The Morgan fingerprint density at radius 3 is 2.74 bits per heavy atom. The molecule has 1 aromatic carbocycles. The summed E-state index contributed by atoms with van der Waals surface area (Å²) >= 11 is 0. The van der Waals surface area contributed by atoms with Crippen LogP contribution in [0.25, 0.3) is 11.0 Å². The number of ether oxygens (including phenoxy) is 2. The van der Waals surface area contributed by atoms with Gasteiger partial charge in [0.15, 0.2) is 11.4 Å². The summed E-state index contributed by atoms with van der Waals surface area (Å²) < 4.78 is 50.5. The number of halogens is 3. The monoisotopic (exact) mass is 276 g/mol. The van der Waals surface area contributed by atoms with Gasteiger partial charge in [0, 0.05) is 0 Å². The first-order valence-electron chi connectivity index (χ1n) is 5.27. The Morgan fingerprint density at radius 1 is 1.37 bits per heavy atom. The fourth-order valence-corrected chi connectivity index (χ4v) is 1.64. The maximum Gasteiger partial charge on any atom is 0.411 e. The molecule has 0 radical (unpaired) electrons. The van der Waals surface area contributed by atoms with Gasteiger partial charge >= 0.3 is 6.18 Å². The van der Waals surface area contributed by atoms with Crippen molar-refractivity contribution in [2.24, 2.45) is 0 Å². The lowest BCUT2D eigenvalue weighted by Gasteiger charge is -2.09. The summed E-state index contributed by atoms with van der Waals surface area (Å²) in [7, 11) is 1.42. The normalized spacial score (nSPS) is 12.0. The van der Waals surface area contributed by atoms with Gasteiger partial charge in [-0.3, -0.25) is 0 Å². The van der Waals surface area contributed by atoms with Crippen LogP contribution in [0, 0.1) is 0 Å². The summed E-state index contributed by atoms with van der Waals surface area (Å²) in [5, 5.41) is 4.05. The van der Waals surface area contributed by atoms with Crippen molar-refractivity contribution in [2.45, 2.75) is 12.8 Å². The summed E-state index contributed by atoms with van der Waals surface area (Å²) in [6.45, 7) is -1.53. The number of methoxy groups -OCH3 is 1. The molecule has 2 rings (SSSR count). The summed E-state index contributed by atoms with van der Waals surface area (Å²) in [6, 6.07) is 3.05. The summed E-state index contributed by atoms with van der Waals surface area (Å²) in [6.07, 6.45) is -4.36. The molecule has 0 unspecified atom stereocenters. The van der Waals surface area contributed by atoms with Crippen LogP contribution in [0.2, 0.25) is 0 Å². The van der Waals surface area contributed by atoms with Crippen molar-refractivity contribution in [3.63, 3.8) is 0 Å². The van der Waals surface area contributed by atoms with E-state index in [1.165, 1.54) is 19.2 Å². The molecule has 2 aromatic rings. The number of fused-ring (bicyclic) bond motifs is 1. The van der Waals surface area contributed by atoms with Crippen LogP contribution in [0.1, 0.15) is 5.56 Å². The Balaban J connectivity index is 2.20. The Bertz CT molecular complexity index is 580. The zero-order chi connectivity index (χ0) is 14.0. The molecule has 0 fully saturated rings. The average molecular weight is 276 g/mol. The number of hydrogen-bond donors (Lipinski definition) is 1. The summed E-state index contributed by atoms with van der Waals surface area (Å²) in [5.74, 6) is 0.538. The van der Waals surface area contributed by atoms with E-state index in [0.717, 1.165) is 0 Å². The van der Waals surface area contributed by atoms with E-state index in [1.54, 1.807) is 0 Å². The van der Waals surface area contributed by atoms with Crippen molar-refractivity contribution >= 4 is 16.8 Å². The van der Waals surface area contributed by atoms with Gasteiger partial charge in [0.2, 0.25) is 0 Å². The number of hydrogen-bond acceptors (Lipinski definition) is 5. The molecule has 0 saturated carbocycles. The first-order chi connectivity index (χ1) is 8.90. The van der Waals surface area contributed by atoms with E-state index >= 15 is 0 Å². The lowest BCUT2D eigenvalue weighted by Crippen LogP contribution is -2.16.